The van der Waals surface area contributed by atoms with Crippen LogP contribution in [0.1, 0.15) is 44.5 Å². The molecule has 28 heavy (non-hydrogen) atoms. The molecule has 2 atom stereocenters. The molecule has 0 spiro atoms. The predicted octanol–water partition coefficient (Wildman–Crippen LogP) is 3.05. The molecule has 2 unspecified atom stereocenters. The maximum atomic E-state index is 13.0. The zero-order valence-electron chi connectivity index (χ0n) is 17.0. The van der Waals surface area contributed by atoms with Crippen LogP contribution in [-0.4, -0.2) is 75.7 Å². The molecule has 0 saturated carbocycles. The summed E-state index contributed by atoms with van der Waals surface area (Å²) in [4.78, 5) is 33.0. The minimum atomic E-state index is -0.529. The fourth-order valence-electron chi connectivity index (χ4n) is 3.30. The Labute approximate surface area is 170 Å². The van der Waals surface area contributed by atoms with Crippen LogP contribution in [0.5, 0.6) is 5.88 Å². The molecule has 0 bridgehead atoms. The highest BCUT2D eigenvalue weighted by Crippen LogP contribution is 2.23. The summed E-state index contributed by atoms with van der Waals surface area (Å²) in [6.07, 6.45) is 2.46. The number of piperazine rings is 1. The van der Waals surface area contributed by atoms with E-state index in [0.29, 0.717) is 31.1 Å². The van der Waals surface area contributed by atoms with E-state index >= 15 is 0 Å². The first-order chi connectivity index (χ1) is 13.2. The van der Waals surface area contributed by atoms with Crippen LogP contribution in [0.4, 0.5) is 4.79 Å². The van der Waals surface area contributed by atoms with Crippen LogP contribution in [0.25, 0.3) is 0 Å². The molecule has 154 valence electrons. The maximum absolute atomic E-state index is 13.0. The molecule has 3 heterocycles. The van der Waals surface area contributed by atoms with Crippen LogP contribution in [0.3, 0.4) is 0 Å². The van der Waals surface area contributed by atoms with E-state index < -0.39 is 5.60 Å². The summed E-state index contributed by atoms with van der Waals surface area (Å²) in [6, 6.07) is 3.33. The lowest BCUT2D eigenvalue weighted by molar-refractivity contribution is 0.00616. The van der Waals surface area contributed by atoms with Gasteiger partial charge < -0.3 is 19.3 Å². The van der Waals surface area contributed by atoms with Crippen molar-refractivity contribution in [2.24, 2.45) is 0 Å². The number of nitrogens with zero attached hydrogens (tertiary/aromatic N) is 3. The van der Waals surface area contributed by atoms with E-state index in [4.69, 9.17) is 9.47 Å². The Balaban J connectivity index is 1.61. The molecule has 2 saturated heterocycles. The van der Waals surface area contributed by atoms with Crippen molar-refractivity contribution in [3.05, 3.63) is 23.9 Å². The van der Waals surface area contributed by atoms with E-state index in [0.717, 1.165) is 17.9 Å². The molecule has 0 radical (unpaired) electrons. The van der Waals surface area contributed by atoms with Gasteiger partial charge in [0.2, 0.25) is 5.88 Å². The molecule has 1 aromatic heterocycles. The van der Waals surface area contributed by atoms with Crippen LogP contribution in [0.15, 0.2) is 18.3 Å². The van der Waals surface area contributed by atoms with Crippen molar-refractivity contribution in [3.63, 3.8) is 0 Å². The number of ether oxygens (including phenoxy) is 2. The quantitative estimate of drug-likeness (QED) is 0.767. The smallest absolute Gasteiger partial charge is 0.410 e. The van der Waals surface area contributed by atoms with Crippen LogP contribution in [-0.2, 0) is 4.74 Å². The Morgan fingerprint density at radius 2 is 2.07 bits per heavy atom. The Kier molecular flexibility index (Phi) is 6.37. The van der Waals surface area contributed by atoms with E-state index in [1.807, 2.05) is 39.5 Å². The second-order valence-corrected chi connectivity index (χ2v) is 9.41. The first-order valence-electron chi connectivity index (χ1n) is 9.72. The van der Waals surface area contributed by atoms with Crippen molar-refractivity contribution in [1.82, 2.24) is 14.8 Å². The number of amides is 2. The van der Waals surface area contributed by atoms with Gasteiger partial charge in [-0.05, 0) is 45.9 Å². The number of hydrogen-bond donors (Lipinski definition) is 0. The van der Waals surface area contributed by atoms with E-state index in [9.17, 15) is 9.59 Å². The molecule has 2 aliphatic heterocycles. The van der Waals surface area contributed by atoms with Gasteiger partial charge in [-0.25, -0.2) is 9.78 Å². The largest absolute Gasteiger partial charge is 0.473 e. The van der Waals surface area contributed by atoms with Crippen molar-refractivity contribution < 1.29 is 19.1 Å². The number of carbonyl (C=O) groups excluding carboxylic acids is 2. The van der Waals surface area contributed by atoms with Gasteiger partial charge in [0.05, 0.1) is 0 Å². The molecule has 0 N–H and O–H groups in total. The molecule has 1 aromatic rings. The van der Waals surface area contributed by atoms with Gasteiger partial charge in [-0.15, -0.1) is 0 Å². The number of carbonyl (C=O) groups is 2. The number of rotatable bonds is 3. The fraction of sp³-hybridized carbons (Fsp3) is 0.650. The van der Waals surface area contributed by atoms with Gasteiger partial charge in [-0.1, -0.05) is 0 Å². The van der Waals surface area contributed by atoms with Crippen LogP contribution in [0, 0.1) is 0 Å². The lowest BCUT2D eigenvalue weighted by Crippen LogP contribution is -2.56. The summed E-state index contributed by atoms with van der Waals surface area (Å²) >= 11 is 1.87. The molecule has 2 fully saturated rings. The average molecular weight is 408 g/mol. The Morgan fingerprint density at radius 3 is 2.71 bits per heavy atom. The Morgan fingerprint density at radius 1 is 1.29 bits per heavy atom. The summed E-state index contributed by atoms with van der Waals surface area (Å²) in [5.74, 6) is 2.49. The SMILES string of the molecule is CC1CN(C(=O)OC(C)(C)C)CCN1C(=O)c1ccnc(OC2CCSC2)c1. The standard InChI is InChI=1S/C20H29N3O4S/c1-14-12-22(19(25)27-20(2,3)4)8-9-23(14)18(24)15-5-7-21-17(11-15)26-16-6-10-28-13-16/h5,7,11,14,16H,6,8-10,12-13H2,1-4H3. The van der Waals surface area contributed by atoms with Crippen molar-refractivity contribution in [1.29, 1.82) is 0 Å². The van der Waals surface area contributed by atoms with Crippen molar-refractivity contribution in [2.75, 3.05) is 31.1 Å². The summed E-state index contributed by atoms with van der Waals surface area (Å²) in [5, 5.41) is 0. The third kappa shape index (κ3) is 5.31. The van der Waals surface area contributed by atoms with Gasteiger partial charge in [0.25, 0.3) is 5.91 Å². The van der Waals surface area contributed by atoms with Crippen LogP contribution >= 0.6 is 11.8 Å². The van der Waals surface area contributed by atoms with Crippen molar-refractivity contribution in [3.8, 4) is 5.88 Å². The fourth-order valence-corrected chi connectivity index (χ4v) is 4.39. The summed E-state index contributed by atoms with van der Waals surface area (Å²) in [7, 11) is 0. The number of pyridine rings is 1. The van der Waals surface area contributed by atoms with Gasteiger partial charge in [-0.3, -0.25) is 4.79 Å². The molecule has 7 nitrogen and oxygen atoms in total. The van der Waals surface area contributed by atoms with Crippen LogP contribution in [0.2, 0.25) is 0 Å². The molecule has 8 heteroatoms. The molecule has 0 aliphatic carbocycles. The second-order valence-electron chi connectivity index (χ2n) is 8.26. The number of aromatic nitrogens is 1. The first-order valence-corrected chi connectivity index (χ1v) is 10.9. The summed E-state index contributed by atoms with van der Waals surface area (Å²) in [5.41, 5.74) is 0.0339. The number of hydrogen-bond acceptors (Lipinski definition) is 6. The third-order valence-corrected chi connectivity index (χ3v) is 5.83. The zero-order chi connectivity index (χ0) is 20.3. The van der Waals surface area contributed by atoms with Gasteiger partial charge in [0, 0.05) is 49.3 Å². The molecular weight excluding hydrogens is 378 g/mol. The lowest BCUT2D eigenvalue weighted by Gasteiger charge is -2.40. The van der Waals surface area contributed by atoms with Gasteiger partial charge >= 0.3 is 6.09 Å². The Hall–Kier alpha value is -1.96. The highest BCUT2D eigenvalue weighted by molar-refractivity contribution is 7.99. The third-order valence-electron chi connectivity index (χ3n) is 4.70. The summed E-state index contributed by atoms with van der Waals surface area (Å²) in [6.45, 7) is 8.87. The summed E-state index contributed by atoms with van der Waals surface area (Å²) < 4.78 is 11.3. The van der Waals surface area contributed by atoms with Gasteiger partial charge in [-0.2, -0.15) is 11.8 Å². The number of thioether (sulfide) groups is 1. The topological polar surface area (TPSA) is 72.0 Å². The maximum Gasteiger partial charge on any atom is 0.410 e. The first kappa shape index (κ1) is 20.8. The van der Waals surface area contributed by atoms with Gasteiger partial charge in [0.1, 0.15) is 11.7 Å². The average Bonchev–Trinajstić information content (AvgIpc) is 3.13. The van der Waals surface area contributed by atoms with Crippen LogP contribution < -0.4 is 4.74 Å². The molecule has 3 rings (SSSR count). The van der Waals surface area contributed by atoms with Crippen molar-refractivity contribution >= 4 is 23.8 Å². The monoisotopic (exact) mass is 407 g/mol. The Bertz CT molecular complexity index is 716. The van der Waals surface area contributed by atoms with E-state index in [1.54, 1.807) is 28.1 Å². The molecule has 2 amide bonds. The molecule has 2 aliphatic rings. The van der Waals surface area contributed by atoms with E-state index in [-0.39, 0.29) is 24.1 Å². The second kappa shape index (κ2) is 8.59. The minimum absolute atomic E-state index is 0.0654. The predicted molar refractivity (Wildman–Crippen MR) is 109 cm³/mol. The van der Waals surface area contributed by atoms with E-state index in [2.05, 4.69) is 4.98 Å². The zero-order valence-corrected chi connectivity index (χ0v) is 17.8. The minimum Gasteiger partial charge on any atom is -0.473 e. The van der Waals surface area contributed by atoms with E-state index in [1.165, 1.54) is 0 Å². The normalized spacial score (nSPS) is 22.9. The molecular formula is C20H29N3O4S. The highest BCUT2D eigenvalue weighted by atomic mass is 32.2. The highest BCUT2D eigenvalue weighted by Gasteiger charge is 2.32. The molecule has 0 aromatic carbocycles. The van der Waals surface area contributed by atoms with Crippen molar-refractivity contribution in [2.45, 2.75) is 51.9 Å². The van der Waals surface area contributed by atoms with Gasteiger partial charge in [0.15, 0.2) is 0 Å². The lowest BCUT2D eigenvalue weighted by atomic mass is 10.1.